The molecule has 0 bridgehead atoms. The summed E-state index contributed by atoms with van der Waals surface area (Å²) in [6.45, 7) is 8.37. The van der Waals surface area contributed by atoms with Gasteiger partial charge < -0.3 is 20.2 Å². The summed E-state index contributed by atoms with van der Waals surface area (Å²) in [4.78, 5) is 7.23. The van der Waals surface area contributed by atoms with Crippen molar-refractivity contribution in [2.45, 2.75) is 38.6 Å². The molecule has 2 heterocycles. The van der Waals surface area contributed by atoms with E-state index in [0.717, 1.165) is 49.2 Å². The van der Waals surface area contributed by atoms with Crippen LogP contribution in [0.25, 0.3) is 0 Å². The molecule has 1 aliphatic rings. The van der Waals surface area contributed by atoms with Crippen molar-refractivity contribution in [3.63, 3.8) is 0 Å². The predicted octanol–water partition coefficient (Wildman–Crippen LogP) is 3.06. The van der Waals surface area contributed by atoms with Gasteiger partial charge in [-0.05, 0) is 57.5 Å². The molecule has 0 spiro atoms. The molecule has 6 heteroatoms. The fourth-order valence-corrected chi connectivity index (χ4v) is 3.83. The van der Waals surface area contributed by atoms with E-state index in [4.69, 9.17) is 9.41 Å². The molecule has 1 fully saturated rings. The number of aliphatic imine (C=N–C) groups is 1. The van der Waals surface area contributed by atoms with Crippen molar-refractivity contribution in [1.82, 2.24) is 15.5 Å². The topological polar surface area (TPSA) is 73.0 Å². The average molecular weight is 399 g/mol. The lowest BCUT2D eigenvalue weighted by Crippen LogP contribution is -2.42. The van der Waals surface area contributed by atoms with Crippen molar-refractivity contribution in [1.29, 1.82) is 0 Å². The monoisotopic (exact) mass is 398 g/mol. The number of nitrogens with zero attached hydrogens (tertiary/aromatic N) is 2. The summed E-state index contributed by atoms with van der Waals surface area (Å²) >= 11 is 0. The number of likely N-dealkylation sites (tertiary alicyclic amines) is 1. The van der Waals surface area contributed by atoms with Gasteiger partial charge in [-0.25, -0.2) is 0 Å². The van der Waals surface area contributed by atoms with Gasteiger partial charge in [-0.1, -0.05) is 30.3 Å². The van der Waals surface area contributed by atoms with E-state index >= 15 is 0 Å². The molecule has 0 radical (unpaired) electrons. The molecular weight excluding hydrogens is 364 g/mol. The summed E-state index contributed by atoms with van der Waals surface area (Å²) in [6.07, 6.45) is 2.47. The van der Waals surface area contributed by atoms with E-state index < -0.39 is 0 Å². The molecule has 0 amide bonds. The number of rotatable bonds is 9. The second kappa shape index (κ2) is 11.0. The first-order valence-corrected chi connectivity index (χ1v) is 10.7. The largest absolute Gasteiger partial charge is 0.465 e. The van der Waals surface area contributed by atoms with Crippen LogP contribution >= 0.6 is 0 Å². The summed E-state index contributed by atoms with van der Waals surface area (Å²) in [5, 5.41) is 16.6. The Morgan fingerprint density at radius 3 is 2.52 bits per heavy atom. The minimum atomic E-state index is -0.00578. The highest BCUT2D eigenvalue weighted by Crippen LogP contribution is 2.26. The van der Waals surface area contributed by atoms with Gasteiger partial charge >= 0.3 is 0 Å². The number of nitrogens with one attached hydrogen (secondary N) is 2. The highest BCUT2D eigenvalue weighted by molar-refractivity contribution is 5.79. The minimum absolute atomic E-state index is 0.00578. The summed E-state index contributed by atoms with van der Waals surface area (Å²) in [5.41, 5.74) is 1.11. The quantitative estimate of drug-likeness (QED) is 0.447. The zero-order valence-corrected chi connectivity index (χ0v) is 17.6. The summed E-state index contributed by atoms with van der Waals surface area (Å²) in [6, 6.07) is 14.4. The van der Waals surface area contributed by atoms with Crippen LogP contribution in [0.1, 0.15) is 48.8 Å². The normalized spacial score (nSPS) is 17.3. The first kappa shape index (κ1) is 21.4. The maximum atomic E-state index is 9.81. The fourth-order valence-electron chi connectivity index (χ4n) is 3.83. The molecule has 29 heavy (non-hydrogen) atoms. The van der Waals surface area contributed by atoms with Crippen LogP contribution in [0.2, 0.25) is 0 Å². The lowest BCUT2D eigenvalue weighted by Gasteiger charge is -2.27. The Kier molecular flexibility index (Phi) is 8.14. The van der Waals surface area contributed by atoms with Gasteiger partial charge in [0.05, 0.1) is 19.2 Å². The number of aliphatic hydroxyl groups is 1. The van der Waals surface area contributed by atoms with Gasteiger partial charge in [0, 0.05) is 19.0 Å². The van der Waals surface area contributed by atoms with Gasteiger partial charge in [0.15, 0.2) is 5.96 Å². The molecular formula is C23H34N4O2. The molecule has 1 saturated heterocycles. The third kappa shape index (κ3) is 6.08. The first-order chi connectivity index (χ1) is 14.2. The van der Waals surface area contributed by atoms with Crippen LogP contribution in [0.5, 0.6) is 0 Å². The Balaban J connectivity index is 1.66. The van der Waals surface area contributed by atoms with Crippen molar-refractivity contribution in [3.8, 4) is 0 Å². The third-order valence-electron chi connectivity index (χ3n) is 5.44. The molecule has 3 rings (SSSR count). The molecule has 6 nitrogen and oxygen atoms in total. The number of furan rings is 1. The van der Waals surface area contributed by atoms with Crippen molar-refractivity contribution < 1.29 is 9.52 Å². The van der Waals surface area contributed by atoms with Crippen molar-refractivity contribution in [3.05, 3.63) is 59.5 Å². The van der Waals surface area contributed by atoms with E-state index in [2.05, 4.69) is 28.5 Å². The maximum absolute atomic E-state index is 9.81. The highest BCUT2D eigenvalue weighted by atomic mass is 16.3. The molecule has 0 aliphatic carbocycles. The fraction of sp³-hybridized carbons (Fsp3) is 0.522. The first-order valence-electron chi connectivity index (χ1n) is 10.7. The zero-order valence-electron chi connectivity index (χ0n) is 17.6. The van der Waals surface area contributed by atoms with Crippen LogP contribution in [-0.4, -0.2) is 55.3 Å². The van der Waals surface area contributed by atoms with E-state index in [1.807, 2.05) is 43.3 Å². The Morgan fingerprint density at radius 2 is 1.90 bits per heavy atom. The van der Waals surface area contributed by atoms with Crippen LogP contribution in [0.4, 0.5) is 0 Å². The second-order valence-electron chi connectivity index (χ2n) is 7.60. The van der Waals surface area contributed by atoms with Crippen LogP contribution in [0.15, 0.2) is 51.9 Å². The van der Waals surface area contributed by atoms with E-state index in [1.54, 1.807) is 0 Å². The summed E-state index contributed by atoms with van der Waals surface area (Å²) < 4.78 is 5.95. The van der Waals surface area contributed by atoms with Crippen LogP contribution in [-0.2, 0) is 0 Å². The smallest absolute Gasteiger partial charge is 0.191 e. The number of guanidine groups is 1. The van der Waals surface area contributed by atoms with Gasteiger partial charge in [0.25, 0.3) is 0 Å². The van der Waals surface area contributed by atoms with Gasteiger partial charge in [-0.3, -0.25) is 9.89 Å². The number of hydrogen-bond acceptors (Lipinski definition) is 4. The van der Waals surface area contributed by atoms with E-state index in [1.165, 1.54) is 12.8 Å². The Labute approximate surface area is 174 Å². The lowest BCUT2D eigenvalue weighted by molar-refractivity contribution is 0.213. The van der Waals surface area contributed by atoms with Crippen molar-refractivity contribution in [2.75, 3.05) is 39.3 Å². The molecule has 2 atom stereocenters. The molecule has 2 unspecified atom stereocenters. The van der Waals surface area contributed by atoms with E-state index in [-0.39, 0.29) is 18.6 Å². The third-order valence-corrected chi connectivity index (χ3v) is 5.44. The molecule has 3 N–H and O–H groups in total. The summed E-state index contributed by atoms with van der Waals surface area (Å²) in [7, 11) is 0. The predicted molar refractivity (Wildman–Crippen MR) is 117 cm³/mol. The summed E-state index contributed by atoms with van der Waals surface area (Å²) in [5.74, 6) is 2.71. The molecule has 1 aromatic heterocycles. The Hall–Kier alpha value is -2.31. The van der Waals surface area contributed by atoms with Crippen LogP contribution in [0.3, 0.4) is 0 Å². The number of hydrogen-bond donors (Lipinski definition) is 3. The highest BCUT2D eigenvalue weighted by Gasteiger charge is 2.26. The van der Waals surface area contributed by atoms with Crippen LogP contribution < -0.4 is 10.6 Å². The molecule has 1 aromatic carbocycles. The Bertz CT molecular complexity index is 753. The van der Waals surface area contributed by atoms with Crippen molar-refractivity contribution >= 4 is 5.96 Å². The van der Waals surface area contributed by atoms with E-state index in [9.17, 15) is 5.11 Å². The molecule has 0 saturated carbocycles. The van der Waals surface area contributed by atoms with Crippen LogP contribution in [0, 0.1) is 6.92 Å². The van der Waals surface area contributed by atoms with Gasteiger partial charge in [0.1, 0.15) is 11.5 Å². The number of aliphatic hydroxyl groups excluding tert-OH is 1. The average Bonchev–Trinajstić information content (AvgIpc) is 3.42. The molecule has 1 aliphatic heterocycles. The standard InChI is InChI=1S/C23H34N4O2/c1-3-24-23(25-15-20(17-28)19-9-5-4-6-10-19)26-16-21(27-13-7-8-14-27)22-12-11-18(2)29-22/h4-6,9-12,20-21,28H,3,7-8,13-17H2,1-2H3,(H2,24,25,26). The van der Waals surface area contributed by atoms with Gasteiger partial charge in [-0.15, -0.1) is 0 Å². The number of benzene rings is 1. The Morgan fingerprint density at radius 1 is 1.14 bits per heavy atom. The van der Waals surface area contributed by atoms with Crippen molar-refractivity contribution in [2.24, 2.45) is 4.99 Å². The molecule has 2 aromatic rings. The van der Waals surface area contributed by atoms with Gasteiger partial charge in [-0.2, -0.15) is 0 Å². The lowest BCUT2D eigenvalue weighted by atomic mass is 10.0. The maximum Gasteiger partial charge on any atom is 0.191 e. The van der Waals surface area contributed by atoms with E-state index in [0.29, 0.717) is 6.54 Å². The number of aryl methyl sites for hydroxylation is 1. The van der Waals surface area contributed by atoms with Gasteiger partial charge in [0.2, 0.25) is 0 Å². The SMILES string of the molecule is CCNC(=NCC(CO)c1ccccc1)NCC(c1ccc(C)o1)N1CCCC1. The molecule has 158 valence electrons. The zero-order chi connectivity index (χ0) is 20.5. The minimum Gasteiger partial charge on any atom is -0.465 e. The second-order valence-corrected chi connectivity index (χ2v) is 7.60.